The van der Waals surface area contributed by atoms with E-state index in [9.17, 15) is 9.59 Å². The van der Waals surface area contributed by atoms with Crippen molar-refractivity contribution in [1.29, 1.82) is 0 Å². The Labute approximate surface area is 123 Å². The molecule has 116 valence electrons. The van der Waals surface area contributed by atoms with Crippen LogP contribution in [0.25, 0.3) is 0 Å². The van der Waals surface area contributed by atoms with Crippen LogP contribution in [0.1, 0.15) is 13.8 Å². The number of carboxylic acid groups (broad SMARTS) is 1. The van der Waals surface area contributed by atoms with Crippen molar-refractivity contribution >= 4 is 17.7 Å². The van der Waals surface area contributed by atoms with E-state index in [-0.39, 0.29) is 12.6 Å². The summed E-state index contributed by atoms with van der Waals surface area (Å²) in [4.78, 5) is 22.3. The maximum atomic E-state index is 11.6. The van der Waals surface area contributed by atoms with Gasteiger partial charge in [0.25, 0.3) is 0 Å². The number of urea groups is 1. The molecule has 0 aliphatic rings. The van der Waals surface area contributed by atoms with E-state index in [0.29, 0.717) is 11.4 Å². The first-order valence-corrected chi connectivity index (χ1v) is 6.49. The second kappa shape index (κ2) is 8.11. The zero-order valence-corrected chi connectivity index (χ0v) is 12.3. The lowest BCUT2D eigenvalue weighted by atomic mass is 10.3. The van der Waals surface area contributed by atoms with Crippen LogP contribution in [0, 0.1) is 0 Å². The largest absolute Gasteiger partial charge is 0.491 e. The summed E-state index contributed by atoms with van der Waals surface area (Å²) >= 11 is 0. The number of carbonyl (C=O) groups is 2. The van der Waals surface area contributed by atoms with Gasteiger partial charge in [-0.15, -0.1) is 0 Å². The van der Waals surface area contributed by atoms with Crippen molar-refractivity contribution in [1.82, 2.24) is 5.32 Å². The van der Waals surface area contributed by atoms with Gasteiger partial charge in [-0.3, -0.25) is 0 Å². The highest BCUT2D eigenvalue weighted by molar-refractivity contribution is 5.89. The summed E-state index contributed by atoms with van der Waals surface area (Å²) in [7, 11) is 1.27. The van der Waals surface area contributed by atoms with Crippen molar-refractivity contribution in [2.24, 2.45) is 0 Å². The molecule has 0 fully saturated rings. The standard InChI is InChI=1S/C14H20N2O5/c1-9(2)21-11-6-4-10(5-7-11)16-14(19)15-8-12(20-3)13(17)18/h4-7,9,12H,8H2,1-3H3,(H,17,18)(H2,15,16,19). The molecule has 7 nitrogen and oxygen atoms in total. The highest BCUT2D eigenvalue weighted by Crippen LogP contribution is 2.16. The van der Waals surface area contributed by atoms with E-state index in [2.05, 4.69) is 10.6 Å². The predicted molar refractivity (Wildman–Crippen MR) is 77.7 cm³/mol. The average Bonchev–Trinajstić information content (AvgIpc) is 2.40. The third kappa shape index (κ3) is 6.13. The van der Waals surface area contributed by atoms with Crippen LogP contribution in [0.3, 0.4) is 0 Å². The van der Waals surface area contributed by atoms with Crippen molar-refractivity contribution in [3.05, 3.63) is 24.3 Å². The molecule has 1 aromatic carbocycles. The Morgan fingerprint density at radius 2 is 1.86 bits per heavy atom. The molecule has 0 radical (unpaired) electrons. The number of nitrogens with one attached hydrogen (secondary N) is 2. The molecular weight excluding hydrogens is 276 g/mol. The first-order valence-electron chi connectivity index (χ1n) is 6.49. The van der Waals surface area contributed by atoms with Gasteiger partial charge in [-0.2, -0.15) is 0 Å². The first-order chi connectivity index (χ1) is 9.92. The molecule has 1 rings (SSSR count). The Hall–Kier alpha value is -2.28. The predicted octanol–water partition coefficient (Wildman–Crippen LogP) is 1.69. The molecule has 1 unspecified atom stereocenters. The number of anilines is 1. The lowest BCUT2D eigenvalue weighted by Gasteiger charge is -2.13. The zero-order valence-electron chi connectivity index (χ0n) is 12.3. The molecule has 0 saturated carbocycles. The number of amides is 2. The highest BCUT2D eigenvalue weighted by atomic mass is 16.5. The lowest BCUT2D eigenvalue weighted by Crippen LogP contribution is -2.39. The Balaban J connectivity index is 2.46. The molecule has 0 aliphatic carbocycles. The van der Waals surface area contributed by atoms with Crippen molar-refractivity contribution in [3.63, 3.8) is 0 Å². The molecule has 1 aromatic rings. The summed E-state index contributed by atoms with van der Waals surface area (Å²) in [6.45, 7) is 3.73. The number of hydrogen-bond acceptors (Lipinski definition) is 4. The number of rotatable bonds is 7. The topological polar surface area (TPSA) is 96.9 Å². The van der Waals surface area contributed by atoms with E-state index >= 15 is 0 Å². The number of carbonyl (C=O) groups excluding carboxylic acids is 1. The molecule has 21 heavy (non-hydrogen) atoms. The average molecular weight is 296 g/mol. The molecule has 0 aromatic heterocycles. The van der Waals surface area contributed by atoms with Gasteiger partial charge in [-0.05, 0) is 38.1 Å². The summed E-state index contributed by atoms with van der Waals surface area (Å²) in [5.41, 5.74) is 0.577. The lowest BCUT2D eigenvalue weighted by molar-refractivity contribution is -0.147. The number of aliphatic carboxylic acids is 1. The maximum Gasteiger partial charge on any atom is 0.334 e. The molecule has 7 heteroatoms. The Bertz CT molecular complexity index is 473. The van der Waals surface area contributed by atoms with Crippen LogP contribution in [0.15, 0.2) is 24.3 Å². The van der Waals surface area contributed by atoms with Gasteiger partial charge in [0.2, 0.25) is 0 Å². The summed E-state index contributed by atoms with van der Waals surface area (Å²) in [6.07, 6.45) is -0.994. The molecule has 0 aliphatic heterocycles. The van der Waals surface area contributed by atoms with Gasteiger partial charge >= 0.3 is 12.0 Å². The van der Waals surface area contributed by atoms with Gasteiger partial charge in [0, 0.05) is 12.8 Å². The van der Waals surface area contributed by atoms with Crippen LogP contribution in [-0.2, 0) is 9.53 Å². The smallest absolute Gasteiger partial charge is 0.334 e. The monoisotopic (exact) mass is 296 g/mol. The Morgan fingerprint density at radius 3 is 2.33 bits per heavy atom. The molecule has 0 bridgehead atoms. The molecule has 3 N–H and O–H groups in total. The Morgan fingerprint density at radius 1 is 1.24 bits per heavy atom. The summed E-state index contributed by atoms with van der Waals surface area (Å²) in [6, 6.07) is 6.37. The number of hydrogen-bond donors (Lipinski definition) is 3. The Kier molecular flexibility index (Phi) is 6.48. The summed E-state index contributed by atoms with van der Waals surface area (Å²) < 4.78 is 10.2. The molecule has 1 atom stereocenters. The van der Waals surface area contributed by atoms with E-state index in [1.807, 2.05) is 13.8 Å². The SMILES string of the molecule is COC(CNC(=O)Nc1ccc(OC(C)C)cc1)C(=O)O. The molecule has 0 spiro atoms. The van der Waals surface area contributed by atoms with E-state index in [1.54, 1.807) is 24.3 Å². The molecule has 0 saturated heterocycles. The fraction of sp³-hybridized carbons (Fsp3) is 0.429. The second-order valence-corrected chi connectivity index (χ2v) is 4.59. The quantitative estimate of drug-likeness (QED) is 0.711. The van der Waals surface area contributed by atoms with Gasteiger partial charge in [0.1, 0.15) is 5.75 Å². The van der Waals surface area contributed by atoms with Gasteiger partial charge in [-0.1, -0.05) is 0 Å². The normalized spacial score (nSPS) is 11.8. The fourth-order valence-electron chi connectivity index (χ4n) is 1.52. The number of carboxylic acids is 1. The number of ether oxygens (including phenoxy) is 2. The van der Waals surface area contributed by atoms with Crippen molar-refractivity contribution in [2.45, 2.75) is 26.1 Å². The van der Waals surface area contributed by atoms with Gasteiger partial charge in [0.05, 0.1) is 12.6 Å². The minimum absolute atomic E-state index is 0.0779. The van der Waals surface area contributed by atoms with Gasteiger partial charge in [0.15, 0.2) is 6.10 Å². The van der Waals surface area contributed by atoms with Crippen molar-refractivity contribution in [2.75, 3.05) is 19.0 Å². The maximum absolute atomic E-state index is 11.6. The number of methoxy groups -OCH3 is 1. The van der Waals surface area contributed by atoms with Crippen LogP contribution < -0.4 is 15.4 Å². The van der Waals surface area contributed by atoms with Crippen LogP contribution in [0.5, 0.6) is 5.75 Å². The molecular formula is C14H20N2O5. The van der Waals surface area contributed by atoms with Crippen LogP contribution in [-0.4, -0.2) is 43.0 Å². The van der Waals surface area contributed by atoms with Crippen LogP contribution in [0.2, 0.25) is 0 Å². The summed E-state index contributed by atoms with van der Waals surface area (Å²) in [5.74, 6) is -0.422. The summed E-state index contributed by atoms with van der Waals surface area (Å²) in [5, 5.41) is 13.8. The zero-order chi connectivity index (χ0) is 15.8. The van der Waals surface area contributed by atoms with E-state index in [0.717, 1.165) is 0 Å². The molecule has 2 amide bonds. The van der Waals surface area contributed by atoms with Crippen LogP contribution >= 0.6 is 0 Å². The third-order valence-electron chi connectivity index (χ3n) is 2.49. The van der Waals surface area contributed by atoms with Crippen molar-refractivity contribution in [3.8, 4) is 5.75 Å². The minimum atomic E-state index is -1.13. The third-order valence-corrected chi connectivity index (χ3v) is 2.49. The number of benzene rings is 1. The first kappa shape index (κ1) is 16.8. The van der Waals surface area contributed by atoms with E-state index in [1.165, 1.54) is 7.11 Å². The fourth-order valence-corrected chi connectivity index (χ4v) is 1.52. The van der Waals surface area contributed by atoms with Crippen molar-refractivity contribution < 1.29 is 24.2 Å². The second-order valence-electron chi connectivity index (χ2n) is 4.59. The van der Waals surface area contributed by atoms with Crippen LogP contribution in [0.4, 0.5) is 10.5 Å². The van der Waals surface area contributed by atoms with Gasteiger partial charge in [-0.25, -0.2) is 9.59 Å². The van der Waals surface area contributed by atoms with Gasteiger partial charge < -0.3 is 25.2 Å². The molecule has 0 heterocycles. The minimum Gasteiger partial charge on any atom is -0.491 e. The highest BCUT2D eigenvalue weighted by Gasteiger charge is 2.16. The van der Waals surface area contributed by atoms with E-state index < -0.39 is 18.1 Å². The van der Waals surface area contributed by atoms with E-state index in [4.69, 9.17) is 14.6 Å².